The molecule has 0 atom stereocenters. The van der Waals surface area contributed by atoms with E-state index in [-0.39, 0.29) is 19.2 Å². The molecule has 3 aromatic rings. The number of rotatable bonds is 3. The third-order valence-corrected chi connectivity index (χ3v) is 5.80. The van der Waals surface area contributed by atoms with Crippen LogP contribution in [-0.2, 0) is 12.4 Å². The van der Waals surface area contributed by atoms with Gasteiger partial charge in [-0.05, 0) is 42.8 Å². The maximum atomic E-state index is 13.1. The van der Waals surface area contributed by atoms with Gasteiger partial charge in [-0.15, -0.1) is 10.2 Å². The van der Waals surface area contributed by atoms with Crippen LogP contribution >= 0.6 is 0 Å². The van der Waals surface area contributed by atoms with Crippen LogP contribution < -0.4 is 4.90 Å². The lowest BCUT2D eigenvalue weighted by molar-refractivity contribution is -0.143. The van der Waals surface area contributed by atoms with Crippen molar-refractivity contribution in [3.63, 3.8) is 0 Å². The molecular formula is C24H20F6N4O. The molecule has 1 amide bonds. The smallest absolute Gasteiger partial charge is 0.352 e. The Bertz CT molecular complexity index is 1180. The van der Waals surface area contributed by atoms with Crippen molar-refractivity contribution in [2.24, 2.45) is 0 Å². The van der Waals surface area contributed by atoms with Gasteiger partial charge in [-0.1, -0.05) is 24.3 Å². The van der Waals surface area contributed by atoms with E-state index in [1.807, 2.05) is 42.2 Å². The van der Waals surface area contributed by atoms with Crippen LogP contribution in [0.4, 0.5) is 32.2 Å². The molecule has 0 spiro atoms. The zero-order valence-electron chi connectivity index (χ0n) is 18.5. The van der Waals surface area contributed by atoms with Crippen LogP contribution in [0.1, 0.15) is 27.0 Å². The Balaban J connectivity index is 1.47. The summed E-state index contributed by atoms with van der Waals surface area (Å²) in [4.78, 5) is 15.9. The summed E-state index contributed by atoms with van der Waals surface area (Å²) < 4.78 is 78.8. The van der Waals surface area contributed by atoms with Crippen LogP contribution in [0.2, 0.25) is 0 Å². The second-order valence-electron chi connectivity index (χ2n) is 8.17. The van der Waals surface area contributed by atoms with Gasteiger partial charge in [0.25, 0.3) is 5.91 Å². The second kappa shape index (κ2) is 9.20. The fraction of sp³-hybridized carbons (Fsp3) is 0.292. The number of anilines is 1. The molecule has 0 saturated carbocycles. The highest BCUT2D eigenvalue weighted by molar-refractivity contribution is 5.95. The first kappa shape index (κ1) is 24.5. The first-order chi connectivity index (χ1) is 16.4. The van der Waals surface area contributed by atoms with Crippen molar-refractivity contribution in [3.05, 3.63) is 76.9 Å². The number of nitrogens with zero attached hydrogens (tertiary/aromatic N) is 4. The molecule has 1 aliphatic heterocycles. The maximum absolute atomic E-state index is 13.1. The van der Waals surface area contributed by atoms with Gasteiger partial charge in [0, 0.05) is 37.3 Å². The fourth-order valence-corrected chi connectivity index (χ4v) is 3.90. The molecule has 184 valence electrons. The second-order valence-corrected chi connectivity index (χ2v) is 8.17. The molecule has 0 radical (unpaired) electrons. The number of piperazine rings is 1. The molecule has 2 heterocycles. The van der Waals surface area contributed by atoms with Crippen molar-refractivity contribution in [2.75, 3.05) is 31.1 Å². The molecule has 11 heteroatoms. The summed E-state index contributed by atoms with van der Waals surface area (Å²) >= 11 is 0. The molecular weight excluding hydrogens is 474 g/mol. The van der Waals surface area contributed by atoms with Crippen molar-refractivity contribution < 1.29 is 31.1 Å². The van der Waals surface area contributed by atoms with Crippen LogP contribution in [0, 0.1) is 6.92 Å². The standard InChI is InChI=1S/C24H20F6N4O/c1-15-4-2-3-5-19(15)20-6-7-21(32-31-20)33-8-10-34(11-9-33)22(35)16-12-17(23(25,26)27)14-18(13-16)24(28,29)30/h2-7,12-14H,8-11H2,1H3. The van der Waals surface area contributed by atoms with E-state index >= 15 is 0 Å². The predicted octanol–water partition coefficient (Wildman–Crippen LogP) is 5.45. The highest BCUT2D eigenvalue weighted by atomic mass is 19.4. The van der Waals surface area contributed by atoms with Crippen LogP contribution in [-0.4, -0.2) is 47.2 Å². The number of halogens is 6. The third kappa shape index (κ3) is 5.39. The van der Waals surface area contributed by atoms with Crippen LogP contribution in [0.25, 0.3) is 11.3 Å². The number of carbonyl (C=O) groups is 1. The van der Waals surface area contributed by atoms with Crippen molar-refractivity contribution in [1.29, 1.82) is 0 Å². The molecule has 35 heavy (non-hydrogen) atoms. The Hall–Kier alpha value is -3.63. The number of hydrogen-bond acceptors (Lipinski definition) is 4. The van der Waals surface area contributed by atoms with E-state index in [4.69, 9.17) is 0 Å². The summed E-state index contributed by atoms with van der Waals surface area (Å²) in [5.74, 6) is -0.324. The number of aryl methyl sites for hydroxylation is 1. The summed E-state index contributed by atoms with van der Waals surface area (Å²) in [5, 5.41) is 8.51. The van der Waals surface area contributed by atoms with Gasteiger partial charge in [-0.25, -0.2) is 0 Å². The van der Waals surface area contributed by atoms with E-state index in [1.165, 1.54) is 4.90 Å². The molecule has 0 aliphatic carbocycles. The van der Waals surface area contributed by atoms with E-state index in [0.29, 0.717) is 36.7 Å². The Morgan fingerprint density at radius 1 is 0.800 bits per heavy atom. The minimum atomic E-state index is -5.02. The van der Waals surface area contributed by atoms with Crippen molar-refractivity contribution >= 4 is 11.7 Å². The predicted molar refractivity (Wildman–Crippen MR) is 117 cm³/mol. The van der Waals surface area contributed by atoms with Gasteiger partial charge in [0.1, 0.15) is 0 Å². The van der Waals surface area contributed by atoms with Crippen molar-refractivity contribution in [3.8, 4) is 11.3 Å². The van der Waals surface area contributed by atoms with Crippen LogP contribution in [0.5, 0.6) is 0 Å². The average Bonchev–Trinajstić information content (AvgIpc) is 2.83. The zero-order valence-corrected chi connectivity index (χ0v) is 18.5. The van der Waals surface area contributed by atoms with Gasteiger partial charge in [0.15, 0.2) is 5.82 Å². The maximum Gasteiger partial charge on any atom is 0.416 e. The molecule has 2 aromatic carbocycles. The zero-order chi connectivity index (χ0) is 25.4. The molecule has 0 bridgehead atoms. The molecule has 1 saturated heterocycles. The van der Waals surface area contributed by atoms with Gasteiger partial charge >= 0.3 is 12.4 Å². The summed E-state index contributed by atoms with van der Waals surface area (Å²) in [6.07, 6.45) is -10.0. The highest BCUT2D eigenvalue weighted by Crippen LogP contribution is 2.36. The Kier molecular flexibility index (Phi) is 6.44. The quantitative estimate of drug-likeness (QED) is 0.455. The molecule has 0 N–H and O–H groups in total. The molecule has 1 aromatic heterocycles. The van der Waals surface area contributed by atoms with Gasteiger partial charge < -0.3 is 9.80 Å². The summed E-state index contributed by atoms with van der Waals surface area (Å²) in [5.41, 5.74) is -0.989. The summed E-state index contributed by atoms with van der Waals surface area (Å²) in [7, 11) is 0. The number of aromatic nitrogens is 2. The normalized spacial score (nSPS) is 14.8. The topological polar surface area (TPSA) is 49.3 Å². The van der Waals surface area contributed by atoms with Gasteiger partial charge in [-0.3, -0.25) is 4.79 Å². The van der Waals surface area contributed by atoms with E-state index in [2.05, 4.69) is 10.2 Å². The number of hydrogen-bond donors (Lipinski definition) is 0. The van der Waals surface area contributed by atoms with Gasteiger partial charge in [0.05, 0.1) is 16.8 Å². The molecule has 1 aliphatic rings. The van der Waals surface area contributed by atoms with E-state index in [9.17, 15) is 31.1 Å². The number of amides is 1. The number of benzene rings is 2. The van der Waals surface area contributed by atoms with E-state index < -0.39 is 35.0 Å². The molecule has 1 fully saturated rings. The number of carbonyl (C=O) groups excluding carboxylic acids is 1. The molecule has 5 nitrogen and oxygen atoms in total. The molecule has 4 rings (SSSR count). The molecule has 0 unspecified atom stereocenters. The van der Waals surface area contributed by atoms with E-state index in [1.54, 1.807) is 6.07 Å². The summed E-state index contributed by atoms with van der Waals surface area (Å²) in [6.45, 7) is 2.78. The first-order valence-electron chi connectivity index (χ1n) is 10.7. The highest BCUT2D eigenvalue weighted by Gasteiger charge is 2.38. The SMILES string of the molecule is Cc1ccccc1-c1ccc(N2CCN(C(=O)c3cc(C(F)(F)F)cc(C(F)(F)F)c3)CC2)nn1. The first-order valence-corrected chi connectivity index (χ1v) is 10.7. The third-order valence-electron chi connectivity index (χ3n) is 5.80. The van der Waals surface area contributed by atoms with Gasteiger partial charge in [0.2, 0.25) is 0 Å². The lowest BCUT2D eigenvalue weighted by Gasteiger charge is -2.35. The van der Waals surface area contributed by atoms with Gasteiger partial charge in [-0.2, -0.15) is 26.3 Å². The summed E-state index contributed by atoms with van der Waals surface area (Å²) in [6, 6.07) is 12.2. The average molecular weight is 494 g/mol. The minimum Gasteiger partial charge on any atom is -0.352 e. The monoisotopic (exact) mass is 494 g/mol. The minimum absolute atomic E-state index is 0.00792. The van der Waals surface area contributed by atoms with Crippen LogP contribution in [0.15, 0.2) is 54.6 Å². The fourth-order valence-electron chi connectivity index (χ4n) is 3.90. The van der Waals surface area contributed by atoms with Crippen LogP contribution in [0.3, 0.4) is 0 Å². The van der Waals surface area contributed by atoms with Crippen molar-refractivity contribution in [2.45, 2.75) is 19.3 Å². The lowest BCUT2D eigenvalue weighted by Crippen LogP contribution is -2.49. The number of alkyl halides is 6. The Morgan fingerprint density at radius 2 is 1.40 bits per heavy atom. The van der Waals surface area contributed by atoms with E-state index in [0.717, 1.165) is 11.1 Å². The lowest BCUT2D eigenvalue weighted by atomic mass is 10.0. The van der Waals surface area contributed by atoms with Crippen molar-refractivity contribution in [1.82, 2.24) is 15.1 Å². The Labute approximate surface area is 197 Å². The Morgan fingerprint density at radius 3 is 1.91 bits per heavy atom. The largest absolute Gasteiger partial charge is 0.416 e.